The maximum Gasteiger partial charge on any atom is 0.243 e. The van der Waals surface area contributed by atoms with Crippen LogP contribution in [0.4, 0.5) is 0 Å². The van der Waals surface area contributed by atoms with E-state index >= 15 is 0 Å². The van der Waals surface area contributed by atoms with E-state index in [4.69, 9.17) is 11.6 Å². The van der Waals surface area contributed by atoms with Gasteiger partial charge in [0.2, 0.25) is 5.28 Å². The van der Waals surface area contributed by atoms with E-state index in [0.29, 0.717) is 0 Å². The van der Waals surface area contributed by atoms with Crippen molar-refractivity contribution in [2.24, 2.45) is 0 Å². The van der Waals surface area contributed by atoms with Gasteiger partial charge >= 0.3 is 0 Å². The molecule has 2 aromatic rings. The first-order valence-electron chi connectivity index (χ1n) is 3.53. The summed E-state index contributed by atoms with van der Waals surface area (Å²) in [6.45, 7) is 3.78. The Bertz CT molecular complexity index is 434. The van der Waals surface area contributed by atoms with Gasteiger partial charge in [-0.1, -0.05) is 0 Å². The van der Waals surface area contributed by atoms with Gasteiger partial charge in [-0.05, 0) is 25.4 Å². The van der Waals surface area contributed by atoms with E-state index in [9.17, 15) is 0 Å². The minimum absolute atomic E-state index is 0.255. The molecule has 0 fully saturated rings. The molecule has 0 bridgehead atoms. The quantitative estimate of drug-likeness (QED) is 0.619. The van der Waals surface area contributed by atoms with Crippen molar-refractivity contribution in [2.45, 2.75) is 13.8 Å². The fourth-order valence-electron chi connectivity index (χ4n) is 1.15. The van der Waals surface area contributed by atoms with Gasteiger partial charge in [-0.2, -0.15) is 9.50 Å². The Morgan fingerprint density at radius 3 is 2.83 bits per heavy atom. The van der Waals surface area contributed by atoms with Crippen molar-refractivity contribution in [1.29, 1.82) is 0 Å². The Morgan fingerprint density at radius 1 is 1.33 bits per heavy atom. The maximum atomic E-state index is 5.64. The summed E-state index contributed by atoms with van der Waals surface area (Å²) >= 11 is 5.64. The summed E-state index contributed by atoms with van der Waals surface area (Å²) < 4.78 is 1.62. The third-order valence-electron chi connectivity index (χ3n) is 1.59. The second kappa shape index (κ2) is 2.42. The van der Waals surface area contributed by atoms with Gasteiger partial charge in [0.05, 0.1) is 0 Å². The molecule has 2 rings (SSSR count). The first-order chi connectivity index (χ1) is 5.66. The van der Waals surface area contributed by atoms with Crippen molar-refractivity contribution < 1.29 is 0 Å². The molecule has 0 aromatic carbocycles. The Labute approximate surface area is 74.2 Å². The fourth-order valence-corrected chi connectivity index (χ4v) is 1.31. The van der Waals surface area contributed by atoms with Crippen LogP contribution in [0.15, 0.2) is 6.07 Å². The summed E-state index contributed by atoms with van der Waals surface area (Å²) in [7, 11) is 0. The van der Waals surface area contributed by atoms with Crippen molar-refractivity contribution in [2.75, 3.05) is 0 Å². The van der Waals surface area contributed by atoms with Crippen LogP contribution in [0.2, 0.25) is 5.28 Å². The number of fused-ring (bicyclic) bond motifs is 1. The van der Waals surface area contributed by atoms with Gasteiger partial charge in [-0.3, -0.25) is 0 Å². The first-order valence-corrected chi connectivity index (χ1v) is 3.91. The van der Waals surface area contributed by atoms with E-state index in [2.05, 4.69) is 15.1 Å². The van der Waals surface area contributed by atoms with Gasteiger partial charge < -0.3 is 0 Å². The molecule has 0 amide bonds. The molecule has 5 heteroatoms. The zero-order valence-electron chi connectivity index (χ0n) is 6.74. The fraction of sp³-hybridized carbons (Fsp3) is 0.286. The average molecular weight is 183 g/mol. The minimum atomic E-state index is 0.255. The summed E-state index contributed by atoms with van der Waals surface area (Å²) in [5, 5.41) is 4.22. The highest BCUT2D eigenvalue weighted by molar-refractivity contribution is 6.28. The number of halogens is 1. The lowest BCUT2D eigenvalue weighted by molar-refractivity contribution is 0.852. The largest absolute Gasteiger partial charge is 0.243 e. The normalized spacial score (nSPS) is 10.9. The van der Waals surface area contributed by atoms with Crippen LogP contribution in [0.5, 0.6) is 0 Å². The number of rotatable bonds is 0. The number of aromatic nitrogens is 4. The third kappa shape index (κ3) is 1.04. The van der Waals surface area contributed by atoms with Crippen molar-refractivity contribution >= 4 is 17.2 Å². The molecule has 0 aliphatic rings. The molecule has 0 atom stereocenters. The number of hydrogen-bond donors (Lipinski definition) is 0. The van der Waals surface area contributed by atoms with Crippen LogP contribution < -0.4 is 0 Å². The molecule has 0 radical (unpaired) electrons. The van der Waals surface area contributed by atoms with Crippen LogP contribution in [-0.2, 0) is 0 Å². The molecule has 62 valence electrons. The SMILES string of the molecule is Cc1cc2nc(Cl)nn2c(C)n1. The van der Waals surface area contributed by atoms with Crippen LogP contribution in [0, 0.1) is 13.8 Å². The number of nitrogens with zero attached hydrogens (tertiary/aromatic N) is 4. The molecular formula is C7H7ClN4. The highest BCUT2D eigenvalue weighted by atomic mass is 35.5. The van der Waals surface area contributed by atoms with E-state index in [-0.39, 0.29) is 5.28 Å². The van der Waals surface area contributed by atoms with Gasteiger partial charge in [0, 0.05) is 11.8 Å². The monoisotopic (exact) mass is 182 g/mol. The molecular weight excluding hydrogens is 176 g/mol. The predicted octanol–water partition coefficient (Wildman–Crippen LogP) is 1.39. The molecule has 0 aliphatic carbocycles. The van der Waals surface area contributed by atoms with Crippen molar-refractivity contribution in [3.05, 3.63) is 22.9 Å². The van der Waals surface area contributed by atoms with Crippen LogP contribution >= 0.6 is 11.6 Å². The van der Waals surface area contributed by atoms with E-state index in [0.717, 1.165) is 17.2 Å². The van der Waals surface area contributed by atoms with Gasteiger partial charge in [0.15, 0.2) is 5.65 Å². The van der Waals surface area contributed by atoms with Crippen LogP contribution in [0.3, 0.4) is 0 Å². The maximum absolute atomic E-state index is 5.64. The molecule has 0 N–H and O–H groups in total. The molecule has 0 aliphatic heterocycles. The summed E-state index contributed by atoms with van der Waals surface area (Å²) in [4.78, 5) is 8.23. The minimum Gasteiger partial charge on any atom is -0.238 e. The number of aryl methyl sites for hydroxylation is 2. The average Bonchev–Trinajstić information content (AvgIpc) is 2.29. The zero-order valence-corrected chi connectivity index (χ0v) is 7.50. The van der Waals surface area contributed by atoms with Crippen LogP contribution in [-0.4, -0.2) is 19.6 Å². The highest BCUT2D eigenvalue weighted by Gasteiger charge is 2.03. The molecule has 2 aromatic heterocycles. The van der Waals surface area contributed by atoms with E-state index in [1.165, 1.54) is 0 Å². The van der Waals surface area contributed by atoms with Gasteiger partial charge in [-0.15, -0.1) is 5.10 Å². The van der Waals surface area contributed by atoms with Gasteiger partial charge in [0.1, 0.15) is 5.82 Å². The van der Waals surface area contributed by atoms with E-state index in [1.54, 1.807) is 4.52 Å². The molecule has 0 saturated heterocycles. The van der Waals surface area contributed by atoms with Crippen LogP contribution in [0.1, 0.15) is 11.5 Å². The van der Waals surface area contributed by atoms with Crippen molar-refractivity contribution in [1.82, 2.24) is 19.6 Å². The topological polar surface area (TPSA) is 43.1 Å². The van der Waals surface area contributed by atoms with Gasteiger partial charge in [-0.25, -0.2) is 4.98 Å². The van der Waals surface area contributed by atoms with Crippen molar-refractivity contribution in [3.8, 4) is 0 Å². The summed E-state index contributed by atoms with van der Waals surface area (Å²) in [5.41, 5.74) is 1.66. The molecule has 4 nitrogen and oxygen atoms in total. The molecule has 12 heavy (non-hydrogen) atoms. The summed E-state index contributed by atoms with van der Waals surface area (Å²) in [6.07, 6.45) is 0. The highest BCUT2D eigenvalue weighted by Crippen LogP contribution is 2.08. The Hall–Kier alpha value is -1.16. The molecule has 2 heterocycles. The summed E-state index contributed by atoms with van der Waals surface area (Å²) in [5.74, 6) is 0.796. The Morgan fingerprint density at radius 2 is 2.08 bits per heavy atom. The Kier molecular flexibility index (Phi) is 1.51. The second-order valence-corrected chi connectivity index (χ2v) is 2.93. The smallest absolute Gasteiger partial charge is 0.238 e. The standard InChI is InChI=1S/C7H7ClN4/c1-4-3-6-10-7(8)11-12(6)5(2)9-4/h3H,1-2H3. The molecule has 0 saturated carbocycles. The molecule has 0 spiro atoms. The third-order valence-corrected chi connectivity index (χ3v) is 1.75. The summed E-state index contributed by atoms with van der Waals surface area (Å²) in [6, 6.07) is 1.84. The van der Waals surface area contributed by atoms with E-state index in [1.807, 2.05) is 19.9 Å². The van der Waals surface area contributed by atoms with Gasteiger partial charge in [0.25, 0.3) is 0 Å². The lowest BCUT2D eigenvalue weighted by Crippen LogP contribution is -1.98. The lowest BCUT2D eigenvalue weighted by atomic mass is 10.4. The van der Waals surface area contributed by atoms with Crippen LogP contribution in [0.25, 0.3) is 5.65 Å². The zero-order chi connectivity index (χ0) is 8.72. The number of hydrogen-bond acceptors (Lipinski definition) is 3. The lowest BCUT2D eigenvalue weighted by Gasteiger charge is -1.96. The van der Waals surface area contributed by atoms with Crippen molar-refractivity contribution in [3.63, 3.8) is 0 Å². The molecule has 0 unspecified atom stereocenters. The Balaban J connectivity index is 2.88. The first kappa shape index (κ1) is 7.49. The second-order valence-electron chi connectivity index (χ2n) is 2.60. The van der Waals surface area contributed by atoms with E-state index < -0.39 is 0 Å². The predicted molar refractivity (Wildman–Crippen MR) is 45.3 cm³/mol.